The highest BCUT2D eigenvalue weighted by molar-refractivity contribution is 8.00. The van der Waals surface area contributed by atoms with Crippen molar-refractivity contribution in [1.29, 1.82) is 0 Å². The number of rotatable bonds is 9. The first kappa shape index (κ1) is 23.6. The average molecular weight is 486 g/mol. The Morgan fingerprint density at radius 1 is 1.15 bits per heavy atom. The van der Waals surface area contributed by atoms with Crippen LogP contribution in [-0.2, 0) is 17.9 Å². The van der Waals surface area contributed by atoms with Gasteiger partial charge in [0, 0.05) is 5.02 Å². The van der Waals surface area contributed by atoms with Crippen molar-refractivity contribution in [2.24, 2.45) is 0 Å². The highest BCUT2D eigenvalue weighted by Crippen LogP contribution is 2.30. The number of amides is 1. The summed E-state index contributed by atoms with van der Waals surface area (Å²) in [6, 6.07) is 15.4. The number of aromatic nitrogens is 3. The van der Waals surface area contributed by atoms with Crippen molar-refractivity contribution in [2.75, 3.05) is 25.5 Å². The minimum Gasteiger partial charge on any atom is -0.495 e. The molecule has 1 fully saturated rings. The first-order valence-corrected chi connectivity index (χ1v) is 12.3. The van der Waals surface area contributed by atoms with E-state index in [0.29, 0.717) is 23.0 Å². The molecule has 1 N–H and O–H groups in total. The molecule has 9 heteroatoms. The van der Waals surface area contributed by atoms with Gasteiger partial charge >= 0.3 is 0 Å². The first-order chi connectivity index (χ1) is 16.0. The van der Waals surface area contributed by atoms with E-state index < -0.39 is 5.25 Å². The third-order valence-electron chi connectivity index (χ3n) is 5.61. The number of likely N-dealkylation sites (tertiary alicyclic amines) is 1. The standard InChI is InChI=1S/C24H28ClN5O2S/c1-17(23(31)26-20-14-19(25)10-11-21(20)32-2)33-24-28-27-22(16-29-12-6-7-13-29)30(24)15-18-8-4-3-5-9-18/h3-5,8-11,14,17H,6-7,12-13,15-16H2,1-2H3,(H,26,31). The lowest BCUT2D eigenvalue weighted by Crippen LogP contribution is -2.24. The molecule has 0 radical (unpaired) electrons. The smallest absolute Gasteiger partial charge is 0.237 e. The van der Waals surface area contributed by atoms with Crippen LogP contribution in [0.2, 0.25) is 5.02 Å². The maximum absolute atomic E-state index is 13.0. The van der Waals surface area contributed by atoms with E-state index in [1.54, 1.807) is 25.3 Å². The van der Waals surface area contributed by atoms with E-state index in [1.165, 1.54) is 30.2 Å². The molecule has 1 aliphatic heterocycles. The van der Waals surface area contributed by atoms with Crippen molar-refractivity contribution in [3.63, 3.8) is 0 Å². The molecule has 33 heavy (non-hydrogen) atoms. The van der Waals surface area contributed by atoms with Crippen LogP contribution in [0.1, 0.15) is 31.2 Å². The van der Waals surface area contributed by atoms with Crippen LogP contribution in [0.4, 0.5) is 5.69 Å². The van der Waals surface area contributed by atoms with Gasteiger partial charge in [-0.2, -0.15) is 0 Å². The zero-order chi connectivity index (χ0) is 23.2. The van der Waals surface area contributed by atoms with Crippen LogP contribution in [0, 0.1) is 0 Å². The minimum atomic E-state index is -0.396. The zero-order valence-corrected chi connectivity index (χ0v) is 20.4. The molecule has 1 aliphatic rings. The monoisotopic (exact) mass is 485 g/mol. The summed E-state index contributed by atoms with van der Waals surface area (Å²) < 4.78 is 7.47. The van der Waals surface area contributed by atoms with Crippen LogP contribution < -0.4 is 10.1 Å². The summed E-state index contributed by atoms with van der Waals surface area (Å²) in [5.74, 6) is 1.33. The fourth-order valence-electron chi connectivity index (χ4n) is 3.81. The number of carbonyl (C=O) groups is 1. The van der Waals surface area contributed by atoms with Crippen LogP contribution >= 0.6 is 23.4 Å². The first-order valence-electron chi connectivity index (χ1n) is 11.0. The van der Waals surface area contributed by atoms with Gasteiger partial charge in [0.2, 0.25) is 5.91 Å². The summed E-state index contributed by atoms with van der Waals surface area (Å²) in [6.07, 6.45) is 2.44. The van der Waals surface area contributed by atoms with E-state index in [-0.39, 0.29) is 5.91 Å². The Hall–Kier alpha value is -2.55. The summed E-state index contributed by atoms with van der Waals surface area (Å²) >= 11 is 7.50. The van der Waals surface area contributed by atoms with Crippen LogP contribution in [0.25, 0.3) is 0 Å². The quantitative estimate of drug-likeness (QED) is 0.443. The average Bonchev–Trinajstić information content (AvgIpc) is 3.46. The third-order valence-corrected chi connectivity index (χ3v) is 6.93. The number of methoxy groups -OCH3 is 1. The fraction of sp³-hybridized carbons (Fsp3) is 0.375. The van der Waals surface area contributed by atoms with Gasteiger partial charge in [-0.3, -0.25) is 9.69 Å². The van der Waals surface area contributed by atoms with Crippen LogP contribution in [-0.4, -0.2) is 51.0 Å². The van der Waals surface area contributed by atoms with E-state index in [4.69, 9.17) is 16.3 Å². The van der Waals surface area contributed by atoms with E-state index in [2.05, 4.69) is 37.1 Å². The van der Waals surface area contributed by atoms with Crippen molar-refractivity contribution in [2.45, 2.75) is 43.3 Å². The molecular weight excluding hydrogens is 458 g/mol. The lowest BCUT2D eigenvalue weighted by atomic mass is 10.2. The third kappa shape index (κ3) is 6.07. The predicted octanol–water partition coefficient (Wildman–Crippen LogP) is 4.70. The Labute approximate surface area is 203 Å². The maximum atomic E-state index is 13.0. The number of carbonyl (C=O) groups excluding carboxylic acids is 1. The molecule has 1 aromatic heterocycles. The van der Waals surface area contributed by atoms with Gasteiger partial charge in [-0.05, 0) is 56.6 Å². The molecule has 2 aromatic carbocycles. The van der Waals surface area contributed by atoms with Crippen molar-refractivity contribution in [3.8, 4) is 5.75 Å². The van der Waals surface area contributed by atoms with Crippen LogP contribution in [0.15, 0.2) is 53.7 Å². The number of ether oxygens (including phenoxy) is 1. The number of thioether (sulfide) groups is 1. The predicted molar refractivity (Wildman–Crippen MR) is 132 cm³/mol. The summed E-state index contributed by atoms with van der Waals surface area (Å²) in [7, 11) is 1.56. The molecule has 174 valence electrons. The summed E-state index contributed by atoms with van der Waals surface area (Å²) in [6.45, 7) is 5.46. The SMILES string of the molecule is COc1ccc(Cl)cc1NC(=O)C(C)Sc1nnc(CN2CCCC2)n1Cc1ccccc1. The van der Waals surface area contributed by atoms with Gasteiger partial charge in [0.25, 0.3) is 0 Å². The lowest BCUT2D eigenvalue weighted by molar-refractivity contribution is -0.115. The number of nitrogens with one attached hydrogen (secondary N) is 1. The molecule has 1 atom stereocenters. The molecule has 0 saturated carbocycles. The second-order valence-electron chi connectivity index (χ2n) is 8.05. The largest absolute Gasteiger partial charge is 0.495 e. The molecule has 0 spiro atoms. The highest BCUT2D eigenvalue weighted by atomic mass is 35.5. The van der Waals surface area contributed by atoms with Gasteiger partial charge in [0.1, 0.15) is 11.6 Å². The number of anilines is 1. The molecule has 0 bridgehead atoms. The molecule has 0 aliphatic carbocycles. The van der Waals surface area contributed by atoms with E-state index >= 15 is 0 Å². The van der Waals surface area contributed by atoms with Crippen molar-refractivity contribution in [1.82, 2.24) is 19.7 Å². The molecule has 1 saturated heterocycles. The van der Waals surface area contributed by atoms with Crippen molar-refractivity contribution in [3.05, 3.63) is 64.9 Å². The molecule has 1 amide bonds. The zero-order valence-electron chi connectivity index (χ0n) is 18.8. The number of halogens is 1. The van der Waals surface area contributed by atoms with Gasteiger partial charge in [0.15, 0.2) is 5.16 Å². The lowest BCUT2D eigenvalue weighted by Gasteiger charge is -2.17. The van der Waals surface area contributed by atoms with Crippen molar-refractivity contribution >= 4 is 35.0 Å². The van der Waals surface area contributed by atoms with Crippen LogP contribution in [0.3, 0.4) is 0 Å². The Bertz CT molecular complexity index is 1090. The molecule has 1 unspecified atom stereocenters. The van der Waals surface area contributed by atoms with Gasteiger partial charge in [0.05, 0.1) is 31.1 Å². The minimum absolute atomic E-state index is 0.157. The second-order valence-corrected chi connectivity index (χ2v) is 9.79. The number of benzene rings is 2. The second kappa shape index (κ2) is 11.0. The Morgan fingerprint density at radius 3 is 2.64 bits per heavy atom. The van der Waals surface area contributed by atoms with Crippen LogP contribution in [0.5, 0.6) is 5.75 Å². The molecule has 7 nitrogen and oxygen atoms in total. The molecular formula is C24H28ClN5O2S. The summed E-state index contributed by atoms with van der Waals surface area (Å²) in [4.78, 5) is 15.4. The number of hydrogen-bond acceptors (Lipinski definition) is 6. The molecule has 3 aromatic rings. The van der Waals surface area contributed by atoms with Gasteiger partial charge in [-0.1, -0.05) is 53.7 Å². The number of nitrogens with zero attached hydrogens (tertiary/aromatic N) is 4. The Balaban J connectivity index is 1.51. The Kier molecular flexibility index (Phi) is 7.90. The van der Waals surface area contributed by atoms with Crippen molar-refractivity contribution < 1.29 is 9.53 Å². The van der Waals surface area contributed by atoms with E-state index in [0.717, 1.165) is 30.6 Å². The topological polar surface area (TPSA) is 72.3 Å². The van der Waals surface area contributed by atoms with Gasteiger partial charge in [-0.15, -0.1) is 10.2 Å². The molecule has 2 heterocycles. The fourth-order valence-corrected chi connectivity index (χ4v) is 4.85. The normalized spacial score (nSPS) is 14.9. The van der Waals surface area contributed by atoms with Gasteiger partial charge in [-0.25, -0.2) is 0 Å². The highest BCUT2D eigenvalue weighted by Gasteiger charge is 2.23. The van der Waals surface area contributed by atoms with E-state index in [1.807, 2.05) is 25.1 Å². The number of hydrogen-bond donors (Lipinski definition) is 1. The maximum Gasteiger partial charge on any atom is 0.237 e. The summed E-state index contributed by atoms with van der Waals surface area (Å²) in [5.41, 5.74) is 1.71. The molecule has 4 rings (SSSR count). The van der Waals surface area contributed by atoms with E-state index in [9.17, 15) is 4.79 Å². The Morgan fingerprint density at radius 2 is 1.91 bits per heavy atom. The summed E-state index contributed by atoms with van der Waals surface area (Å²) in [5, 5.41) is 12.7. The van der Waals surface area contributed by atoms with Gasteiger partial charge < -0.3 is 14.6 Å².